The Labute approximate surface area is 127 Å². The first-order valence-corrected chi connectivity index (χ1v) is 9.23. The highest BCUT2D eigenvalue weighted by atomic mass is 32.2. The zero-order valence-corrected chi connectivity index (χ0v) is 13.6. The van der Waals surface area contributed by atoms with Crippen LogP contribution >= 0.6 is 23.1 Å². The maximum absolute atomic E-state index is 5.40. The van der Waals surface area contributed by atoms with Crippen molar-refractivity contribution in [3.05, 3.63) is 17.3 Å². The molecule has 0 saturated heterocycles. The van der Waals surface area contributed by atoms with Crippen molar-refractivity contribution in [1.82, 2.24) is 14.7 Å². The van der Waals surface area contributed by atoms with Gasteiger partial charge in [0.25, 0.3) is 0 Å². The molecule has 2 aromatic heterocycles. The molecule has 2 atom stereocenters. The van der Waals surface area contributed by atoms with Crippen LogP contribution in [0.4, 0.5) is 0 Å². The molecule has 1 saturated carbocycles. The van der Waals surface area contributed by atoms with Gasteiger partial charge in [-0.15, -0.1) is 11.3 Å². The molecule has 6 heteroatoms. The number of imidazole rings is 1. The maximum Gasteiger partial charge on any atom is 0.237 e. The predicted molar refractivity (Wildman–Crippen MR) is 86.0 cm³/mol. The zero-order valence-electron chi connectivity index (χ0n) is 12.0. The fraction of sp³-hybridized carbons (Fsp3) is 0.643. The summed E-state index contributed by atoms with van der Waals surface area (Å²) in [6.07, 6.45) is 9.55. The minimum Gasteiger partial charge on any atom is -0.480 e. The van der Waals surface area contributed by atoms with E-state index in [1.54, 1.807) is 18.4 Å². The molecule has 1 N–H and O–H groups in total. The Balaban J connectivity index is 1.68. The van der Waals surface area contributed by atoms with Gasteiger partial charge in [-0.3, -0.25) is 4.40 Å². The summed E-state index contributed by atoms with van der Waals surface area (Å²) in [6, 6.07) is 0.620. The standard InChI is InChI=1S/C14H21N3OS2/c1-18-13-12(17-6-7-20-14(17)16-13)9-15-10-4-3-5-11(8-10)19-2/h6-7,10-11,15H,3-5,8-9H2,1-2H3. The van der Waals surface area contributed by atoms with Crippen molar-refractivity contribution in [2.24, 2.45) is 0 Å². The van der Waals surface area contributed by atoms with E-state index in [2.05, 4.69) is 32.5 Å². The Hall–Kier alpha value is -0.720. The number of rotatable bonds is 5. The number of nitrogens with one attached hydrogen (secondary N) is 1. The molecule has 0 aromatic carbocycles. The van der Waals surface area contributed by atoms with Crippen LogP contribution in [0.1, 0.15) is 31.4 Å². The second kappa shape index (κ2) is 6.37. The van der Waals surface area contributed by atoms with E-state index in [0.717, 1.165) is 28.3 Å². The van der Waals surface area contributed by atoms with E-state index in [9.17, 15) is 0 Å². The number of hydrogen-bond acceptors (Lipinski definition) is 5. The van der Waals surface area contributed by atoms with Crippen LogP contribution < -0.4 is 10.1 Å². The third kappa shape index (κ3) is 2.82. The largest absolute Gasteiger partial charge is 0.480 e. The average molecular weight is 311 g/mol. The first kappa shape index (κ1) is 14.2. The van der Waals surface area contributed by atoms with Crippen molar-refractivity contribution < 1.29 is 4.74 Å². The summed E-state index contributed by atoms with van der Waals surface area (Å²) >= 11 is 3.65. The van der Waals surface area contributed by atoms with E-state index >= 15 is 0 Å². The van der Waals surface area contributed by atoms with Crippen LogP contribution in [0, 0.1) is 0 Å². The van der Waals surface area contributed by atoms with Gasteiger partial charge in [-0.1, -0.05) is 6.42 Å². The summed E-state index contributed by atoms with van der Waals surface area (Å²) in [5.74, 6) is 0.751. The molecular formula is C14H21N3OS2. The van der Waals surface area contributed by atoms with Gasteiger partial charge < -0.3 is 10.1 Å². The van der Waals surface area contributed by atoms with E-state index in [4.69, 9.17) is 4.74 Å². The minimum absolute atomic E-state index is 0.620. The van der Waals surface area contributed by atoms with Crippen LogP contribution in [0.2, 0.25) is 0 Å². The van der Waals surface area contributed by atoms with Crippen molar-refractivity contribution >= 4 is 28.1 Å². The van der Waals surface area contributed by atoms with Crippen molar-refractivity contribution in [3.63, 3.8) is 0 Å². The van der Waals surface area contributed by atoms with E-state index in [1.807, 2.05) is 11.8 Å². The third-order valence-corrected chi connectivity index (χ3v) is 5.89. The SMILES string of the molecule is COc1nc2sccn2c1CNC1CCCC(SC)C1. The van der Waals surface area contributed by atoms with Gasteiger partial charge >= 0.3 is 0 Å². The molecule has 0 aliphatic heterocycles. The monoisotopic (exact) mass is 311 g/mol. The number of hydrogen-bond donors (Lipinski definition) is 1. The predicted octanol–water partition coefficient (Wildman–Crippen LogP) is 3.17. The molecule has 1 aliphatic rings. The lowest BCUT2D eigenvalue weighted by molar-refractivity contribution is 0.365. The molecule has 3 rings (SSSR count). The molecule has 1 aliphatic carbocycles. The van der Waals surface area contributed by atoms with Gasteiger partial charge in [0.1, 0.15) is 5.69 Å². The Morgan fingerprint density at radius 1 is 1.55 bits per heavy atom. The Kier molecular flexibility index (Phi) is 4.53. The van der Waals surface area contributed by atoms with Gasteiger partial charge in [0.05, 0.1) is 7.11 Å². The van der Waals surface area contributed by atoms with Gasteiger partial charge in [-0.05, 0) is 25.5 Å². The number of thiazole rings is 1. The Morgan fingerprint density at radius 3 is 3.25 bits per heavy atom. The number of fused-ring (bicyclic) bond motifs is 1. The van der Waals surface area contributed by atoms with E-state index in [1.165, 1.54) is 25.7 Å². The van der Waals surface area contributed by atoms with Gasteiger partial charge in [-0.2, -0.15) is 16.7 Å². The number of aromatic nitrogens is 2. The summed E-state index contributed by atoms with van der Waals surface area (Å²) in [4.78, 5) is 5.51. The van der Waals surface area contributed by atoms with E-state index in [0.29, 0.717) is 6.04 Å². The molecule has 0 radical (unpaired) electrons. The van der Waals surface area contributed by atoms with E-state index in [-0.39, 0.29) is 0 Å². The highest BCUT2D eigenvalue weighted by molar-refractivity contribution is 7.99. The number of ether oxygens (including phenoxy) is 1. The minimum atomic E-state index is 0.620. The lowest BCUT2D eigenvalue weighted by Crippen LogP contribution is -2.35. The molecule has 0 bridgehead atoms. The highest BCUT2D eigenvalue weighted by Gasteiger charge is 2.22. The van der Waals surface area contributed by atoms with Crippen LogP contribution in [-0.4, -0.2) is 34.0 Å². The first-order valence-electron chi connectivity index (χ1n) is 7.06. The molecule has 20 heavy (non-hydrogen) atoms. The smallest absolute Gasteiger partial charge is 0.237 e. The molecule has 0 spiro atoms. The van der Waals surface area contributed by atoms with Crippen molar-refractivity contribution in [2.75, 3.05) is 13.4 Å². The summed E-state index contributed by atoms with van der Waals surface area (Å²) < 4.78 is 7.53. The molecule has 2 unspecified atom stereocenters. The molecule has 110 valence electrons. The summed E-state index contributed by atoms with van der Waals surface area (Å²) in [5, 5.41) is 6.58. The fourth-order valence-electron chi connectivity index (χ4n) is 2.92. The normalized spacial score (nSPS) is 23.3. The number of thioether (sulfide) groups is 1. The second-order valence-electron chi connectivity index (χ2n) is 5.23. The van der Waals surface area contributed by atoms with Crippen LogP contribution in [0.15, 0.2) is 11.6 Å². The van der Waals surface area contributed by atoms with Gasteiger partial charge in [0.2, 0.25) is 5.88 Å². The quantitative estimate of drug-likeness (QED) is 0.920. The molecule has 4 nitrogen and oxygen atoms in total. The van der Waals surface area contributed by atoms with Crippen molar-refractivity contribution in [1.29, 1.82) is 0 Å². The van der Waals surface area contributed by atoms with Gasteiger partial charge in [0, 0.05) is 29.4 Å². The Morgan fingerprint density at radius 2 is 2.45 bits per heavy atom. The first-order chi connectivity index (χ1) is 9.81. The molecule has 0 amide bonds. The topological polar surface area (TPSA) is 38.6 Å². The average Bonchev–Trinajstić information content (AvgIpc) is 3.06. The number of methoxy groups -OCH3 is 1. The number of nitrogens with zero attached hydrogens (tertiary/aromatic N) is 2. The molecular weight excluding hydrogens is 290 g/mol. The summed E-state index contributed by atoms with van der Waals surface area (Å²) in [7, 11) is 1.69. The third-order valence-electron chi connectivity index (χ3n) is 4.04. The lowest BCUT2D eigenvalue weighted by atomic mass is 9.95. The molecule has 1 fully saturated rings. The van der Waals surface area contributed by atoms with Gasteiger partial charge in [-0.25, -0.2) is 0 Å². The summed E-state index contributed by atoms with van der Waals surface area (Å²) in [5.41, 5.74) is 1.13. The van der Waals surface area contributed by atoms with Crippen LogP contribution in [0.3, 0.4) is 0 Å². The van der Waals surface area contributed by atoms with E-state index < -0.39 is 0 Å². The Bertz CT molecular complexity index is 566. The van der Waals surface area contributed by atoms with Crippen LogP contribution in [0.25, 0.3) is 4.96 Å². The van der Waals surface area contributed by atoms with Crippen molar-refractivity contribution in [2.45, 2.75) is 43.5 Å². The fourth-order valence-corrected chi connectivity index (χ4v) is 4.47. The molecule has 2 heterocycles. The highest BCUT2D eigenvalue weighted by Crippen LogP contribution is 2.28. The van der Waals surface area contributed by atoms with Crippen LogP contribution in [-0.2, 0) is 6.54 Å². The zero-order chi connectivity index (χ0) is 13.9. The maximum atomic E-state index is 5.40. The molecule has 2 aromatic rings. The second-order valence-corrected chi connectivity index (χ2v) is 7.24. The van der Waals surface area contributed by atoms with Crippen molar-refractivity contribution in [3.8, 4) is 5.88 Å². The lowest BCUT2D eigenvalue weighted by Gasteiger charge is -2.28. The summed E-state index contributed by atoms with van der Waals surface area (Å²) in [6.45, 7) is 0.826. The van der Waals surface area contributed by atoms with Crippen LogP contribution in [0.5, 0.6) is 5.88 Å². The van der Waals surface area contributed by atoms with Gasteiger partial charge in [0.15, 0.2) is 4.96 Å².